The van der Waals surface area contributed by atoms with E-state index >= 15 is 0 Å². The number of carboxylic acid groups (broad SMARTS) is 1. The third kappa shape index (κ3) is 2.62. The molecule has 1 aromatic rings. The first kappa shape index (κ1) is 14.7. The average Bonchev–Trinajstić information content (AvgIpc) is 3.07. The van der Waals surface area contributed by atoms with Gasteiger partial charge in [0.25, 0.3) is 11.8 Å². The number of hydrogen-bond donors (Lipinski definition) is 1. The molecular formula is C16H18N2O4. The summed E-state index contributed by atoms with van der Waals surface area (Å²) < 4.78 is 0. The van der Waals surface area contributed by atoms with Crippen molar-refractivity contribution < 1.29 is 19.5 Å². The van der Waals surface area contributed by atoms with E-state index in [1.807, 2.05) is 0 Å². The standard InChI is InChI=1S/C16H18N2O4/c19-14-12-4-1-2-5-13(12)15(20)18(14)8-3-7-17-9-6-11(10-17)16(21)22/h1-2,4-5,11H,3,6-10H2,(H,21,22). The molecule has 1 aromatic carbocycles. The Kier molecular flexibility index (Phi) is 3.94. The molecule has 1 N–H and O–H groups in total. The molecule has 1 saturated heterocycles. The molecule has 6 nitrogen and oxygen atoms in total. The fourth-order valence-corrected chi connectivity index (χ4v) is 3.13. The van der Waals surface area contributed by atoms with Crippen LogP contribution in [0.1, 0.15) is 33.6 Å². The molecule has 1 fully saturated rings. The minimum absolute atomic E-state index is 0.231. The van der Waals surface area contributed by atoms with Crippen LogP contribution in [0.2, 0.25) is 0 Å². The summed E-state index contributed by atoms with van der Waals surface area (Å²) in [5.41, 5.74) is 0.944. The van der Waals surface area contributed by atoms with Crippen LogP contribution in [0.5, 0.6) is 0 Å². The van der Waals surface area contributed by atoms with Gasteiger partial charge in [-0.05, 0) is 38.1 Å². The molecule has 0 aromatic heterocycles. The number of carboxylic acids is 1. The monoisotopic (exact) mass is 302 g/mol. The van der Waals surface area contributed by atoms with Crippen LogP contribution < -0.4 is 0 Å². The van der Waals surface area contributed by atoms with Crippen LogP contribution in [-0.4, -0.2) is 58.9 Å². The van der Waals surface area contributed by atoms with E-state index in [1.165, 1.54) is 4.90 Å². The van der Waals surface area contributed by atoms with E-state index in [9.17, 15) is 14.4 Å². The van der Waals surface area contributed by atoms with Crippen LogP contribution in [-0.2, 0) is 4.79 Å². The number of likely N-dealkylation sites (tertiary alicyclic amines) is 1. The van der Waals surface area contributed by atoms with E-state index in [0.29, 0.717) is 43.6 Å². The molecule has 2 amide bonds. The number of fused-ring (bicyclic) bond motifs is 1. The maximum atomic E-state index is 12.2. The van der Waals surface area contributed by atoms with Crippen LogP contribution in [0.15, 0.2) is 24.3 Å². The summed E-state index contributed by atoms with van der Waals surface area (Å²) in [6.07, 6.45) is 1.33. The van der Waals surface area contributed by atoms with Crippen molar-refractivity contribution >= 4 is 17.8 Å². The number of amides is 2. The summed E-state index contributed by atoms with van der Waals surface area (Å²) in [4.78, 5) is 38.7. The Hall–Kier alpha value is -2.21. The lowest BCUT2D eigenvalue weighted by molar-refractivity contribution is -0.141. The van der Waals surface area contributed by atoms with Crippen molar-refractivity contribution in [3.63, 3.8) is 0 Å². The van der Waals surface area contributed by atoms with Crippen molar-refractivity contribution in [1.82, 2.24) is 9.80 Å². The summed E-state index contributed by atoms with van der Waals surface area (Å²) in [6.45, 7) is 2.40. The van der Waals surface area contributed by atoms with E-state index < -0.39 is 5.97 Å². The van der Waals surface area contributed by atoms with E-state index in [-0.39, 0.29) is 17.7 Å². The van der Waals surface area contributed by atoms with Gasteiger partial charge < -0.3 is 10.0 Å². The molecule has 0 radical (unpaired) electrons. The maximum Gasteiger partial charge on any atom is 0.307 e. The number of rotatable bonds is 5. The lowest BCUT2D eigenvalue weighted by Crippen LogP contribution is -2.33. The first-order valence-corrected chi connectivity index (χ1v) is 7.48. The molecule has 2 aliphatic rings. The number of carbonyl (C=O) groups excluding carboxylic acids is 2. The lowest BCUT2D eigenvalue weighted by Gasteiger charge is -2.18. The summed E-state index contributed by atoms with van der Waals surface area (Å²) in [5, 5.41) is 8.97. The Morgan fingerprint density at radius 1 is 1.14 bits per heavy atom. The van der Waals surface area contributed by atoms with Gasteiger partial charge in [0, 0.05) is 13.1 Å². The van der Waals surface area contributed by atoms with E-state index in [1.54, 1.807) is 24.3 Å². The predicted molar refractivity (Wildman–Crippen MR) is 78.6 cm³/mol. The first-order chi connectivity index (χ1) is 10.6. The Balaban J connectivity index is 1.52. The molecule has 6 heteroatoms. The number of nitrogens with zero attached hydrogens (tertiary/aromatic N) is 2. The summed E-state index contributed by atoms with van der Waals surface area (Å²) in [6, 6.07) is 6.86. The molecule has 0 bridgehead atoms. The highest BCUT2D eigenvalue weighted by molar-refractivity contribution is 6.21. The van der Waals surface area contributed by atoms with Gasteiger partial charge in [0.15, 0.2) is 0 Å². The zero-order valence-corrected chi connectivity index (χ0v) is 12.2. The average molecular weight is 302 g/mol. The van der Waals surface area contributed by atoms with Gasteiger partial charge in [0.05, 0.1) is 17.0 Å². The van der Waals surface area contributed by atoms with Gasteiger partial charge in [0.2, 0.25) is 0 Å². The molecule has 22 heavy (non-hydrogen) atoms. The second-order valence-corrected chi connectivity index (χ2v) is 5.79. The van der Waals surface area contributed by atoms with Gasteiger partial charge in [-0.1, -0.05) is 12.1 Å². The number of hydrogen-bond acceptors (Lipinski definition) is 4. The Labute approximate surface area is 128 Å². The summed E-state index contributed by atoms with van der Waals surface area (Å²) >= 11 is 0. The number of aliphatic carboxylic acids is 1. The van der Waals surface area contributed by atoms with Gasteiger partial charge >= 0.3 is 5.97 Å². The van der Waals surface area contributed by atoms with Crippen molar-refractivity contribution in [3.8, 4) is 0 Å². The summed E-state index contributed by atoms with van der Waals surface area (Å²) in [5.74, 6) is -1.50. The molecule has 2 heterocycles. The van der Waals surface area contributed by atoms with E-state index in [2.05, 4.69) is 4.90 Å². The van der Waals surface area contributed by atoms with Crippen LogP contribution in [0.3, 0.4) is 0 Å². The molecule has 0 aliphatic carbocycles. The maximum absolute atomic E-state index is 12.2. The molecule has 1 unspecified atom stereocenters. The molecule has 116 valence electrons. The number of carbonyl (C=O) groups is 3. The Bertz CT molecular complexity index is 593. The van der Waals surface area contributed by atoms with E-state index in [0.717, 1.165) is 6.54 Å². The highest BCUT2D eigenvalue weighted by Gasteiger charge is 2.35. The first-order valence-electron chi connectivity index (χ1n) is 7.48. The molecule has 0 spiro atoms. The van der Waals surface area contributed by atoms with Gasteiger partial charge in [-0.3, -0.25) is 19.3 Å². The smallest absolute Gasteiger partial charge is 0.307 e. The van der Waals surface area contributed by atoms with Gasteiger partial charge in [-0.15, -0.1) is 0 Å². The van der Waals surface area contributed by atoms with Crippen molar-refractivity contribution in [1.29, 1.82) is 0 Å². The second kappa shape index (κ2) is 5.88. The molecular weight excluding hydrogens is 284 g/mol. The minimum Gasteiger partial charge on any atom is -0.481 e. The van der Waals surface area contributed by atoms with Crippen molar-refractivity contribution in [2.75, 3.05) is 26.2 Å². The largest absolute Gasteiger partial charge is 0.481 e. The fourth-order valence-electron chi connectivity index (χ4n) is 3.13. The molecule has 1 atom stereocenters. The molecule has 3 rings (SSSR count). The van der Waals surface area contributed by atoms with Crippen LogP contribution in [0.4, 0.5) is 0 Å². The SMILES string of the molecule is O=C(O)C1CCN(CCCN2C(=O)c3ccccc3C2=O)C1. The van der Waals surface area contributed by atoms with Crippen molar-refractivity contribution in [2.45, 2.75) is 12.8 Å². The minimum atomic E-state index is -0.747. The normalized spacial score (nSPS) is 21.5. The Morgan fingerprint density at radius 2 is 1.77 bits per heavy atom. The zero-order chi connectivity index (χ0) is 15.7. The molecule has 2 aliphatic heterocycles. The number of imide groups is 1. The van der Waals surface area contributed by atoms with Gasteiger partial charge in [-0.25, -0.2) is 0 Å². The van der Waals surface area contributed by atoms with Crippen LogP contribution in [0, 0.1) is 5.92 Å². The highest BCUT2D eigenvalue weighted by Crippen LogP contribution is 2.23. The van der Waals surface area contributed by atoms with Gasteiger partial charge in [0.1, 0.15) is 0 Å². The Morgan fingerprint density at radius 3 is 2.32 bits per heavy atom. The topological polar surface area (TPSA) is 77.9 Å². The molecule has 0 saturated carbocycles. The third-order valence-corrected chi connectivity index (χ3v) is 4.36. The highest BCUT2D eigenvalue weighted by atomic mass is 16.4. The third-order valence-electron chi connectivity index (χ3n) is 4.36. The van der Waals surface area contributed by atoms with Crippen LogP contribution in [0.25, 0.3) is 0 Å². The fraction of sp³-hybridized carbons (Fsp3) is 0.438. The zero-order valence-electron chi connectivity index (χ0n) is 12.2. The van der Waals surface area contributed by atoms with E-state index in [4.69, 9.17) is 5.11 Å². The number of benzene rings is 1. The quantitative estimate of drug-likeness (QED) is 0.824. The van der Waals surface area contributed by atoms with Gasteiger partial charge in [-0.2, -0.15) is 0 Å². The van der Waals surface area contributed by atoms with Crippen molar-refractivity contribution in [2.24, 2.45) is 5.92 Å². The summed E-state index contributed by atoms with van der Waals surface area (Å²) in [7, 11) is 0. The predicted octanol–water partition coefficient (Wildman–Crippen LogP) is 1.08. The van der Waals surface area contributed by atoms with Crippen molar-refractivity contribution in [3.05, 3.63) is 35.4 Å². The second-order valence-electron chi connectivity index (χ2n) is 5.79. The lowest BCUT2D eigenvalue weighted by atomic mass is 10.1. The van der Waals surface area contributed by atoms with Crippen LogP contribution >= 0.6 is 0 Å².